The van der Waals surface area contributed by atoms with Gasteiger partial charge in [-0.2, -0.15) is 5.26 Å². The maximum absolute atomic E-state index is 12.8. The first-order valence-electron chi connectivity index (χ1n) is 10.9. The van der Waals surface area contributed by atoms with E-state index in [0.717, 1.165) is 37.1 Å². The second-order valence-electron chi connectivity index (χ2n) is 8.02. The van der Waals surface area contributed by atoms with Crippen LogP contribution in [-0.4, -0.2) is 36.3 Å². The lowest BCUT2D eigenvalue weighted by Crippen LogP contribution is -2.33. The number of carbonyl (C=O) groups excluding carboxylic acids is 2. The molecule has 1 aliphatic rings. The molecule has 6 nitrogen and oxygen atoms in total. The minimum absolute atomic E-state index is 0.0233. The van der Waals surface area contributed by atoms with Crippen LogP contribution in [0.1, 0.15) is 42.4 Å². The van der Waals surface area contributed by atoms with Gasteiger partial charge in [0.1, 0.15) is 0 Å². The highest BCUT2D eigenvalue weighted by Gasteiger charge is 2.20. The molecule has 0 bridgehead atoms. The Hall–Kier alpha value is -3.17. The van der Waals surface area contributed by atoms with Crippen molar-refractivity contribution in [3.05, 3.63) is 71.3 Å². The van der Waals surface area contributed by atoms with E-state index in [1.54, 1.807) is 0 Å². The van der Waals surface area contributed by atoms with Gasteiger partial charge >= 0.3 is 0 Å². The maximum atomic E-state index is 12.8. The molecule has 6 heteroatoms. The number of nitrogens with zero attached hydrogens (tertiary/aromatic N) is 2. The zero-order valence-electron chi connectivity index (χ0n) is 17.8. The molecule has 1 aliphatic heterocycles. The summed E-state index contributed by atoms with van der Waals surface area (Å²) in [6.07, 6.45) is 2.79. The molecule has 0 spiro atoms. The average molecular weight is 419 g/mol. The Labute approximate surface area is 184 Å². The van der Waals surface area contributed by atoms with Gasteiger partial charge in [0.15, 0.2) is 0 Å². The molecule has 1 atom stereocenters. The van der Waals surface area contributed by atoms with Crippen molar-refractivity contribution in [3.8, 4) is 6.07 Å². The summed E-state index contributed by atoms with van der Waals surface area (Å²) in [5.41, 5.74) is 2.84. The van der Waals surface area contributed by atoms with Crippen molar-refractivity contribution in [1.82, 2.24) is 15.5 Å². The van der Waals surface area contributed by atoms with Crippen LogP contribution >= 0.6 is 0 Å². The summed E-state index contributed by atoms with van der Waals surface area (Å²) in [4.78, 5) is 27.2. The minimum Gasteiger partial charge on any atom is -0.356 e. The number of nitrogens with one attached hydrogen (secondary N) is 2. The monoisotopic (exact) mass is 418 g/mol. The van der Waals surface area contributed by atoms with E-state index in [9.17, 15) is 9.59 Å². The number of hydrogen-bond donors (Lipinski definition) is 2. The van der Waals surface area contributed by atoms with Gasteiger partial charge < -0.3 is 10.6 Å². The van der Waals surface area contributed by atoms with E-state index in [0.29, 0.717) is 38.0 Å². The topological polar surface area (TPSA) is 85.2 Å². The van der Waals surface area contributed by atoms with Gasteiger partial charge in [0, 0.05) is 38.5 Å². The van der Waals surface area contributed by atoms with Crippen LogP contribution in [0.3, 0.4) is 0 Å². The van der Waals surface area contributed by atoms with Crippen molar-refractivity contribution < 1.29 is 9.59 Å². The average Bonchev–Trinajstić information content (AvgIpc) is 2.84. The Balaban J connectivity index is 1.57. The zero-order chi connectivity index (χ0) is 21.9. The Morgan fingerprint density at radius 2 is 1.84 bits per heavy atom. The van der Waals surface area contributed by atoms with Crippen molar-refractivity contribution in [1.29, 1.82) is 5.26 Å². The van der Waals surface area contributed by atoms with Crippen LogP contribution in [0.25, 0.3) is 0 Å². The van der Waals surface area contributed by atoms with Crippen LogP contribution in [0.5, 0.6) is 0 Å². The highest BCUT2D eigenvalue weighted by molar-refractivity contribution is 5.79. The van der Waals surface area contributed by atoms with Gasteiger partial charge in [0.2, 0.25) is 11.8 Å². The van der Waals surface area contributed by atoms with Crippen molar-refractivity contribution in [3.63, 3.8) is 0 Å². The third-order valence-electron chi connectivity index (χ3n) is 5.67. The molecule has 0 saturated carbocycles. The molecule has 1 heterocycles. The van der Waals surface area contributed by atoms with Crippen LogP contribution in [0.15, 0.2) is 54.6 Å². The summed E-state index contributed by atoms with van der Waals surface area (Å²) >= 11 is 0. The highest BCUT2D eigenvalue weighted by atomic mass is 16.2. The molecule has 2 aromatic carbocycles. The maximum Gasteiger partial charge on any atom is 0.223 e. The van der Waals surface area contributed by atoms with E-state index >= 15 is 0 Å². The first-order chi connectivity index (χ1) is 15.1. The molecule has 0 aromatic heterocycles. The molecule has 1 unspecified atom stereocenters. The quantitative estimate of drug-likeness (QED) is 0.782. The molecule has 3 rings (SSSR count). The number of benzene rings is 2. The number of rotatable bonds is 5. The predicted molar refractivity (Wildman–Crippen MR) is 120 cm³/mol. The summed E-state index contributed by atoms with van der Waals surface area (Å²) in [5.74, 6) is -0.0370. The number of hydrogen-bond acceptors (Lipinski definition) is 4. The molecular weight excluding hydrogens is 388 g/mol. The summed E-state index contributed by atoms with van der Waals surface area (Å²) < 4.78 is 0. The van der Waals surface area contributed by atoms with Crippen LogP contribution in [0.4, 0.5) is 0 Å². The normalized spacial score (nSPS) is 18.3. The third-order valence-corrected chi connectivity index (χ3v) is 5.67. The Morgan fingerprint density at radius 3 is 2.58 bits per heavy atom. The molecule has 2 amide bonds. The first-order valence-corrected chi connectivity index (χ1v) is 10.9. The summed E-state index contributed by atoms with van der Waals surface area (Å²) in [6.45, 7) is 3.28. The van der Waals surface area contributed by atoms with Crippen molar-refractivity contribution in [2.75, 3.05) is 19.6 Å². The van der Waals surface area contributed by atoms with Crippen LogP contribution < -0.4 is 10.6 Å². The minimum atomic E-state index is -0.112. The van der Waals surface area contributed by atoms with Crippen LogP contribution in [0, 0.1) is 17.2 Å². The van der Waals surface area contributed by atoms with Crippen molar-refractivity contribution in [2.45, 2.75) is 38.8 Å². The lowest BCUT2D eigenvalue weighted by molar-refractivity contribution is -0.126. The van der Waals surface area contributed by atoms with E-state index in [2.05, 4.69) is 21.6 Å². The fraction of sp³-hybridized carbons (Fsp3) is 0.400. The summed E-state index contributed by atoms with van der Waals surface area (Å²) in [5, 5.41) is 15.0. The van der Waals surface area contributed by atoms with E-state index in [4.69, 9.17) is 5.26 Å². The molecular formula is C25H30N4O2. The second-order valence-corrected chi connectivity index (χ2v) is 8.02. The van der Waals surface area contributed by atoms with E-state index < -0.39 is 0 Å². The van der Waals surface area contributed by atoms with Gasteiger partial charge in [-0.05, 0) is 49.1 Å². The molecule has 1 fully saturated rings. The molecule has 0 aliphatic carbocycles. The van der Waals surface area contributed by atoms with Gasteiger partial charge in [-0.15, -0.1) is 0 Å². The standard InChI is InChI=1S/C25H30N4O2/c26-17-20-8-10-22(11-9-20)19-29-15-4-7-23(12-14-27-24(30)13-16-29)25(31)28-18-21-5-2-1-3-6-21/h1-3,5-6,8-11,23H,4,7,12-16,18-19H2,(H,27,30)(H,28,31). The zero-order valence-corrected chi connectivity index (χ0v) is 17.8. The Morgan fingerprint density at radius 1 is 1.06 bits per heavy atom. The summed E-state index contributed by atoms with van der Waals surface area (Å²) in [7, 11) is 0. The third kappa shape index (κ3) is 7.54. The van der Waals surface area contributed by atoms with Gasteiger partial charge in [0.05, 0.1) is 11.6 Å². The van der Waals surface area contributed by atoms with Gasteiger partial charge in [-0.3, -0.25) is 14.5 Å². The number of carbonyl (C=O) groups is 2. The van der Waals surface area contributed by atoms with E-state index in [1.165, 1.54) is 0 Å². The lowest BCUT2D eigenvalue weighted by atomic mass is 9.98. The highest BCUT2D eigenvalue weighted by Crippen LogP contribution is 2.15. The van der Waals surface area contributed by atoms with E-state index in [1.807, 2.05) is 54.6 Å². The number of amides is 2. The summed E-state index contributed by atoms with van der Waals surface area (Å²) in [6, 6.07) is 19.6. The predicted octanol–water partition coefficient (Wildman–Crippen LogP) is 2.98. The SMILES string of the molecule is N#Cc1ccc(CN2CCCC(C(=O)NCc3ccccc3)CCNC(=O)CC2)cc1. The Bertz CT molecular complexity index is 890. The fourth-order valence-electron chi connectivity index (χ4n) is 3.84. The second kappa shape index (κ2) is 11.9. The van der Waals surface area contributed by atoms with Gasteiger partial charge in [0.25, 0.3) is 0 Å². The van der Waals surface area contributed by atoms with Gasteiger partial charge in [-0.25, -0.2) is 0 Å². The van der Waals surface area contributed by atoms with Gasteiger partial charge in [-0.1, -0.05) is 42.5 Å². The molecule has 162 valence electrons. The van der Waals surface area contributed by atoms with Crippen molar-refractivity contribution >= 4 is 11.8 Å². The van der Waals surface area contributed by atoms with Crippen LogP contribution in [-0.2, 0) is 22.7 Å². The van der Waals surface area contributed by atoms with E-state index in [-0.39, 0.29) is 17.7 Å². The molecule has 1 saturated heterocycles. The largest absolute Gasteiger partial charge is 0.356 e. The first kappa shape index (κ1) is 22.5. The molecule has 2 N–H and O–H groups in total. The lowest BCUT2D eigenvalue weighted by Gasteiger charge is -2.22. The molecule has 2 aromatic rings. The smallest absolute Gasteiger partial charge is 0.223 e. The fourth-order valence-corrected chi connectivity index (χ4v) is 3.84. The Kier molecular flexibility index (Phi) is 8.62. The van der Waals surface area contributed by atoms with Crippen molar-refractivity contribution in [2.24, 2.45) is 5.92 Å². The molecule has 31 heavy (non-hydrogen) atoms. The van der Waals surface area contributed by atoms with Crippen LogP contribution in [0.2, 0.25) is 0 Å². The number of nitriles is 1. The molecule has 0 radical (unpaired) electrons.